The number of carbonyl (C=O) groups excluding carboxylic acids is 2. The van der Waals surface area contributed by atoms with Crippen molar-refractivity contribution in [3.05, 3.63) is 95.6 Å². The lowest BCUT2D eigenvalue weighted by Gasteiger charge is -2.26. The molecule has 1 unspecified atom stereocenters. The molecule has 1 amide bonds. The predicted molar refractivity (Wildman–Crippen MR) is 155 cm³/mol. The second-order valence-electron chi connectivity index (χ2n) is 9.97. The summed E-state index contributed by atoms with van der Waals surface area (Å²) < 4.78 is 42.9. The number of rotatable bonds is 10. The quantitative estimate of drug-likeness (QED) is 0.331. The Morgan fingerprint density at radius 2 is 1.64 bits per heavy atom. The largest absolute Gasteiger partial charge is 0.497 e. The minimum Gasteiger partial charge on any atom is -0.497 e. The first-order valence-electron chi connectivity index (χ1n) is 13.8. The molecule has 10 nitrogen and oxygen atoms in total. The number of sulfonamides is 1. The highest BCUT2D eigenvalue weighted by Crippen LogP contribution is 2.33. The van der Waals surface area contributed by atoms with Gasteiger partial charge in [0.25, 0.3) is 5.91 Å². The minimum absolute atomic E-state index is 0.0449. The molecule has 220 valence electrons. The zero-order valence-corrected chi connectivity index (χ0v) is 24.2. The standard InChI is InChI=1S/C31H33N3O7S/c1-39-26-12-10-25(11-13-26)29-21-28(24-5-3-2-4-6-24)32-34(29)30(35)22-41-31(36)16-9-23-7-14-27(15-8-23)42(37,38)33-17-19-40-20-18-33/h2-8,10-15,29H,9,16-22H2,1H3. The molecule has 42 heavy (non-hydrogen) atoms. The van der Waals surface area contributed by atoms with E-state index in [4.69, 9.17) is 14.2 Å². The number of carbonyl (C=O) groups is 2. The third-order valence-corrected chi connectivity index (χ3v) is 9.19. The molecule has 0 N–H and O–H groups in total. The molecule has 1 saturated heterocycles. The lowest BCUT2D eigenvalue weighted by molar-refractivity contribution is -0.152. The van der Waals surface area contributed by atoms with Gasteiger partial charge in [0, 0.05) is 25.9 Å². The van der Waals surface area contributed by atoms with Gasteiger partial charge in [0.2, 0.25) is 10.0 Å². The van der Waals surface area contributed by atoms with E-state index in [-0.39, 0.29) is 17.4 Å². The van der Waals surface area contributed by atoms with E-state index in [1.807, 2.05) is 54.6 Å². The van der Waals surface area contributed by atoms with Crippen molar-refractivity contribution in [2.45, 2.75) is 30.2 Å². The fourth-order valence-corrected chi connectivity index (χ4v) is 6.33. The van der Waals surface area contributed by atoms with E-state index < -0.39 is 28.5 Å². The number of hydrazone groups is 1. The number of morpholine rings is 1. The monoisotopic (exact) mass is 591 g/mol. The maximum atomic E-state index is 13.2. The lowest BCUT2D eigenvalue weighted by atomic mass is 9.98. The van der Waals surface area contributed by atoms with E-state index in [1.54, 1.807) is 31.4 Å². The summed E-state index contributed by atoms with van der Waals surface area (Å²) in [5.74, 6) is -0.241. The number of ether oxygens (including phenoxy) is 3. The maximum Gasteiger partial charge on any atom is 0.306 e. The predicted octanol–water partition coefficient (Wildman–Crippen LogP) is 3.57. The van der Waals surface area contributed by atoms with Gasteiger partial charge in [0.1, 0.15) is 5.75 Å². The van der Waals surface area contributed by atoms with Crippen molar-refractivity contribution < 1.29 is 32.2 Å². The lowest BCUT2D eigenvalue weighted by Crippen LogP contribution is -2.40. The van der Waals surface area contributed by atoms with Crippen LogP contribution in [0, 0.1) is 0 Å². The van der Waals surface area contributed by atoms with Gasteiger partial charge in [-0.1, -0.05) is 54.6 Å². The van der Waals surface area contributed by atoms with Crippen molar-refractivity contribution in [3.63, 3.8) is 0 Å². The first-order chi connectivity index (χ1) is 20.3. The summed E-state index contributed by atoms with van der Waals surface area (Å²) in [4.78, 5) is 25.9. The van der Waals surface area contributed by atoms with Gasteiger partial charge in [0.15, 0.2) is 6.61 Å². The number of aryl methyl sites for hydroxylation is 1. The Morgan fingerprint density at radius 1 is 0.952 bits per heavy atom. The van der Waals surface area contributed by atoms with Crippen LogP contribution in [0.5, 0.6) is 5.75 Å². The molecule has 2 heterocycles. The normalized spacial score (nSPS) is 17.5. The van der Waals surface area contributed by atoms with Crippen LogP contribution in [-0.2, 0) is 35.5 Å². The molecule has 0 bridgehead atoms. The van der Waals surface area contributed by atoms with E-state index in [0.717, 1.165) is 22.4 Å². The number of amides is 1. The van der Waals surface area contributed by atoms with Crippen LogP contribution in [0.25, 0.3) is 0 Å². The molecule has 1 atom stereocenters. The minimum atomic E-state index is -3.58. The Labute approximate surface area is 245 Å². The van der Waals surface area contributed by atoms with Crippen LogP contribution in [0.15, 0.2) is 88.9 Å². The topological polar surface area (TPSA) is 115 Å². The van der Waals surface area contributed by atoms with Gasteiger partial charge in [-0.2, -0.15) is 9.41 Å². The van der Waals surface area contributed by atoms with Crippen LogP contribution in [0.4, 0.5) is 0 Å². The number of benzene rings is 3. The highest BCUT2D eigenvalue weighted by atomic mass is 32.2. The first kappa shape index (κ1) is 29.4. The van der Waals surface area contributed by atoms with Gasteiger partial charge in [-0.05, 0) is 47.4 Å². The Kier molecular flexibility index (Phi) is 9.31. The third-order valence-electron chi connectivity index (χ3n) is 7.28. The van der Waals surface area contributed by atoms with Gasteiger partial charge in [-0.3, -0.25) is 9.59 Å². The van der Waals surface area contributed by atoms with E-state index in [1.165, 1.54) is 9.31 Å². The van der Waals surface area contributed by atoms with Gasteiger partial charge in [-0.25, -0.2) is 13.4 Å². The van der Waals surface area contributed by atoms with E-state index in [9.17, 15) is 18.0 Å². The van der Waals surface area contributed by atoms with Crippen LogP contribution < -0.4 is 4.74 Å². The van der Waals surface area contributed by atoms with Crippen molar-refractivity contribution in [1.82, 2.24) is 9.31 Å². The highest BCUT2D eigenvalue weighted by molar-refractivity contribution is 7.89. The zero-order chi connectivity index (χ0) is 29.5. The molecule has 0 radical (unpaired) electrons. The van der Waals surface area contributed by atoms with Crippen LogP contribution in [0.2, 0.25) is 0 Å². The molecule has 2 aliphatic heterocycles. The van der Waals surface area contributed by atoms with E-state index in [2.05, 4.69) is 5.10 Å². The van der Waals surface area contributed by atoms with Gasteiger partial charge >= 0.3 is 5.97 Å². The Balaban J connectivity index is 1.18. The molecular formula is C31H33N3O7S. The molecule has 3 aromatic carbocycles. The summed E-state index contributed by atoms with van der Waals surface area (Å²) in [6, 6.07) is 23.3. The Morgan fingerprint density at radius 3 is 2.31 bits per heavy atom. The van der Waals surface area contributed by atoms with Gasteiger partial charge in [-0.15, -0.1) is 0 Å². The molecule has 3 aromatic rings. The Bertz CT molecular complexity index is 1520. The smallest absolute Gasteiger partial charge is 0.306 e. The van der Waals surface area contributed by atoms with Crippen molar-refractivity contribution >= 4 is 27.6 Å². The van der Waals surface area contributed by atoms with Crippen LogP contribution in [0.1, 0.15) is 35.6 Å². The van der Waals surface area contributed by atoms with Crippen molar-refractivity contribution in [2.75, 3.05) is 40.0 Å². The van der Waals surface area contributed by atoms with E-state index >= 15 is 0 Å². The summed E-state index contributed by atoms with van der Waals surface area (Å²) in [6.07, 6.45) is 0.913. The second kappa shape index (κ2) is 13.3. The number of hydrogen-bond acceptors (Lipinski definition) is 8. The number of methoxy groups -OCH3 is 1. The molecular weight excluding hydrogens is 558 g/mol. The van der Waals surface area contributed by atoms with Crippen molar-refractivity contribution in [3.8, 4) is 5.75 Å². The fraction of sp³-hybridized carbons (Fsp3) is 0.323. The molecule has 5 rings (SSSR count). The van der Waals surface area contributed by atoms with Crippen LogP contribution >= 0.6 is 0 Å². The summed E-state index contributed by atoms with van der Waals surface area (Å²) >= 11 is 0. The third kappa shape index (κ3) is 6.87. The molecule has 11 heteroatoms. The summed E-state index contributed by atoms with van der Waals surface area (Å²) in [5.41, 5.74) is 3.38. The average molecular weight is 592 g/mol. The van der Waals surface area contributed by atoms with E-state index in [0.29, 0.717) is 44.9 Å². The average Bonchev–Trinajstić information content (AvgIpc) is 3.49. The van der Waals surface area contributed by atoms with Crippen molar-refractivity contribution in [1.29, 1.82) is 0 Å². The molecule has 0 aromatic heterocycles. The maximum absolute atomic E-state index is 13.2. The van der Waals surface area contributed by atoms with Crippen LogP contribution in [-0.4, -0.2) is 75.3 Å². The number of esters is 1. The molecule has 0 spiro atoms. The summed E-state index contributed by atoms with van der Waals surface area (Å²) in [6.45, 7) is 0.968. The van der Waals surface area contributed by atoms with Crippen LogP contribution in [0.3, 0.4) is 0 Å². The summed E-state index contributed by atoms with van der Waals surface area (Å²) in [5, 5.41) is 6.00. The molecule has 2 aliphatic rings. The number of hydrogen-bond donors (Lipinski definition) is 0. The fourth-order valence-electron chi connectivity index (χ4n) is 4.92. The Hall–Kier alpha value is -4.06. The second-order valence-corrected chi connectivity index (χ2v) is 11.9. The molecule has 0 saturated carbocycles. The molecule has 1 fully saturated rings. The number of nitrogens with zero attached hydrogens (tertiary/aromatic N) is 3. The van der Waals surface area contributed by atoms with Gasteiger partial charge in [0.05, 0.1) is 37.0 Å². The SMILES string of the molecule is COc1ccc(C2CC(c3ccccc3)=NN2C(=O)COC(=O)CCc2ccc(S(=O)(=O)N3CCOCC3)cc2)cc1. The highest BCUT2D eigenvalue weighted by Gasteiger charge is 2.33. The van der Waals surface area contributed by atoms with Gasteiger partial charge < -0.3 is 14.2 Å². The van der Waals surface area contributed by atoms with Crippen molar-refractivity contribution in [2.24, 2.45) is 5.10 Å². The zero-order valence-electron chi connectivity index (χ0n) is 23.3. The summed E-state index contributed by atoms with van der Waals surface area (Å²) in [7, 11) is -1.99. The molecule has 0 aliphatic carbocycles. The first-order valence-corrected chi connectivity index (χ1v) is 15.2.